The Bertz CT molecular complexity index is 778. The second kappa shape index (κ2) is 5.30. The Hall–Kier alpha value is -1.79. The van der Waals surface area contributed by atoms with Crippen LogP contribution >= 0.6 is 22.9 Å². The Kier molecular flexibility index (Phi) is 3.50. The molecule has 3 nitrogen and oxygen atoms in total. The summed E-state index contributed by atoms with van der Waals surface area (Å²) in [6.07, 6.45) is 0. The van der Waals surface area contributed by atoms with Gasteiger partial charge in [-0.2, -0.15) is 0 Å². The van der Waals surface area contributed by atoms with Gasteiger partial charge in [-0.25, -0.2) is 18.7 Å². The van der Waals surface area contributed by atoms with Gasteiger partial charge in [-0.1, -0.05) is 11.6 Å². The predicted molar refractivity (Wildman–Crippen MR) is 73.1 cm³/mol. The van der Waals surface area contributed by atoms with E-state index in [4.69, 9.17) is 16.3 Å². The first-order chi connectivity index (χ1) is 9.63. The van der Waals surface area contributed by atoms with Crippen LogP contribution in [0, 0.1) is 11.6 Å². The number of ether oxygens (including phenoxy) is 1. The van der Waals surface area contributed by atoms with Crippen molar-refractivity contribution in [2.24, 2.45) is 0 Å². The number of aromatic nitrogens is 2. The van der Waals surface area contributed by atoms with Crippen molar-refractivity contribution >= 4 is 33.2 Å². The second-order valence-electron chi connectivity index (χ2n) is 3.93. The molecule has 0 bridgehead atoms. The lowest BCUT2D eigenvalue weighted by Gasteiger charge is -2.06. The molecular weight excluding hydrogens is 306 g/mol. The molecule has 0 fully saturated rings. The molecule has 20 heavy (non-hydrogen) atoms. The molecular formula is C13H7ClF2N2OS. The molecule has 3 rings (SSSR count). The fourth-order valence-corrected chi connectivity index (χ4v) is 2.74. The minimum atomic E-state index is -0.644. The molecule has 0 unspecified atom stereocenters. The van der Waals surface area contributed by atoms with Gasteiger partial charge in [0.05, 0.1) is 0 Å². The summed E-state index contributed by atoms with van der Waals surface area (Å²) in [7, 11) is 0. The number of benzene rings is 1. The smallest absolute Gasteiger partial charge is 0.169 e. The summed E-state index contributed by atoms with van der Waals surface area (Å²) in [5, 5.41) is 2.93. The lowest BCUT2D eigenvalue weighted by molar-refractivity contribution is 0.280. The van der Waals surface area contributed by atoms with Crippen LogP contribution in [0.1, 0.15) is 5.82 Å². The summed E-state index contributed by atoms with van der Waals surface area (Å²) < 4.78 is 31.6. The van der Waals surface area contributed by atoms with E-state index in [1.807, 2.05) is 11.4 Å². The summed E-state index contributed by atoms with van der Waals surface area (Å²) in [5.74, 6) is -1.09. The van der Waals surface area contributed by atoms with E-state index in [2.05, 4.69) is 9.97 Å². The van der Waals surface area contributed by atoms with Crippen molar-refractivity contribution in [3.05, 3.63) is 52.3 Å². The van der Waals surface area contributed by atoms with Gasteiger partial charge >= 0.3 is 0 Å². The Morgan fingerprint density at radius 3 is 2.90 bits per heavy atom. The second-order valence-corrected chi connectivity index (χ2v) is 5.19. The summed E-state index contributed by atoms with van der Waals surface area (Å²) in [6.45, 7) is -0.0894. The zero-order valence-corrected chi connectivity index (χ0v) is 11.5. The van der Waals surface area contributed by atoms with E-state index in [-0.39, 0.29) is 12.4 Å². The Morgan fingerprint density at radius 1 is 1.20 bits per heavy atom. The number of halogens is 3. The van der Waals surface area contributed by atoms with E-state index in [9.17, 15) is 8.78 Å². The van der Waals surface area contributed by atoms with Crippen molar-refractivity contribution in [3.63, 3.8) is 0 Å². The molecule has 0 aliphatic carbocycles. The predicted octanol–water partition coefficient (Wildman–Crippen LogP) is 4.20. The number of fused-ring (bicyclic) bond motifs is 1. The van der Waals surface area contributed by atoms with E-state index in [0.29, 0.717) is 11.0 Å². The third-order valence-corrected chi connectivity index (χ3v) is 3.67. The summed E-state index contributed by atoms with van der Waals surface area (Å²) in [6, 6.07) is 4.81. The molecule has 0 saturated heterocycles. The van der Waals surface area contributed by atoms with Crippen LogP contribution in [0.2, 0.25) is 5.15 Å². The number of hydrogen-bond donors (Lipinski definition) is 0. The minimum absolute atomic E-state index is 0.0894. The minimum Gasteiger partial charge on any atom is -0.482 e. The van der Waals surface area contributed by atoms with Gasteiger partial charge in [0.25, 0.3) is 0 Å². The number of thiophene rings is 1. The van der Waals surface area contributed by atoms with E-state index < -0.39 is 11.6 Å². The third-order valence-electron chi connectivity index (χ3n) is 2.57. The zero-order valence-electron chi connectivity index (χ0n) is 9.94. The van der Waals surface area contributed by atoms with E-state index in [1.165, 1.54) is 11.3 Å². The van der Waals surface area contributed by atoms with E-state index >= 15 is 0 Å². The SMILES string of the molecule is Fc1ccc(F)c(OCc2nc(Cl)c3ccsc3n2)c1. The van der Waals surface area contributed by atoms with Crippen LogP contribution in [0.3, 0.4) is 0 Å². The van der Waals surface area contributed by atoms with Gasteiger partial charge in [0.15, 0.2) is 17.4 Å². The summed E-state index contributed by atoms with van der Waals surface area (Å²) >= 11 is 7.43. The van der Waals surface area contributed by atoms with Crippen molar-refractivity contribution < 1.29 is 13.5 Å². The number of hydrogen-bond acceptors (Lipinski definition) is 4. The van der Waals surface area contributed by atoms with Crippen molar-refractivity contribution in [3.8, 4) is 5.75 Å². The molecule has 2 aromatic heterocycles. The first-order valence-corrected chi connectivity index (χ1v) is 6.87. The lowest BCUT2D eigenvalue weighted by Crippen LogP contribution is -2.03. The highest BCUT2D eigenvalue weighted by atomic mass is 35.5. The van der Waals surface area contributed by atoms with Crippen LogP contribution in [0.5, 0.6) is 5.75 Å². The molecule has 102 valence electrons. The topological polar surface area (TPSA) is 35.0 Å². The number of nitrogens with zero attached hydrogens (tertiary/aromatic N) is 2. The van der Waals surface area contributed by atoms with E-state index in [1.54, 1.807) is 0 Å². The Balaban J connectivity index is 1.84. The van der Waals surface area contributed by atoms with Gasteiger partial charge in [-0.15, -0.1) is 11.3 Å². The third kappa shape index (κ3) is 2.57. The average Bonchev–Trinajstić information content (AvgIpc) is 2.89. The molecule has 0 amide bonds. The summed E-state index contributed by atoms with van der Waals surface area (Å²) in [4.78, 5) is 9.03. The highest BCUT2D eigenvalue weighted by Crippen LogP contribution is 2.25. The maximum absolute atomic E-state index is 13.4. The highest BCUT2D eigenvalue weighted by Gasteiger charge is 2.10. The Labute approximate surface area is 121 Å². The normalized spacial score (nSPS) is 10.9. The van der Waals surface area contributed by atoms with Gasteiger partial charge in [0, 0.05) is 11.5 Å². The Morgan fingerprint density at radius 2 is 2.05 bits per heavy atom. The summed E-state index contributed by atoms with van der Waals surface area (Å²) in [5.41, 5.74) is 0. The zero-order chi connectivity index (χ0) is 14.1. The van der Waals surface area contributed by atoms with Crippen LogP contribution in [-0.4, -0.2) is 9.97 Å². The van der Waals surface area contributed by atoms with Crippen LogP contribution in [-0.2, 0) is 6.61 Å². The van der Waals surface area contributed by atoms with Gasteiger partial charge in [0.1, 0.15) is 22.4 Å². The molecule has 0 radical (unpaired) electrons. The van der Waals surface area contributed by atoms with Gasteiger partial charge in [-0.05, 0) is 23.6 Å². The number of rotatable bonds is 3. The maximum Gasteiger partial charge on any atom is 0.169 e. The maximum atomic E-state index is 13.4. The standard InChI is InChI=1S/C13H7ClF2N2OS/c14-12-8-3-4-20-13(8)18-11(17-12)6-19-10-5-7(15)1-2-9(10)16/h1-5H,6H2. The van der Waals surface area contributed by atoms with Gasteiger partial charge in [0.2, 0.25) is 0 Å². The van der Waals surface area contributed by atoms with E-state index in [0.717, 1.165) is 28.4 Å². The highest BCUT2D eigenvalue weighted by molar-refractivity contribution is 7.16. The molecule has 0 aliphatic rings. The van der Waals surface area contributed by atoms with Crippen molar-refractivity contribution in [2.75, 3.05) is 0 Å². The van der Waals surface area contributed by atoms with Crippen LogP contribution in [0.15, 0.2) is 29.6 Å². The largest absolute Gasteiger partial charge is 0.482 e. The monoisotopic (exact) mass is 312 g/mol. The molecule has 1 aromatic carbocycles. The molecule has 0 saturated carbocycles. The quantitative estimate of drug-likeness (QED) is 0.680. The van der Waals surface area contributed by atoms with Crippen LogP contribution in [0.25, 0.3) is 10.2 Å². The first kappa shape index (κ1) is 13.2. The lowest BCUT2D eigenvalue weighted by atomic mass is 10.3. The van der Waals surface area contributed by atoms with Crippen molar-refractivity contribution in [1.82, 2.24) is 9.97 Å². The molecule has 3 aromatic rings. The molecule has 7 heteroatoms. The van der Waals surface area contributed by atoms with Crippen molar-refractivity contribution in [2.45, 2.75) is 6.61 Å². The van der Waals surface area contributed by atoms with Crippen molar-refractivity contribution in [1.29, 1.82) is 0 Å². The molecule has 0 aliphatic heterocycles. The van der Waals surface area contributed by atoms with Gasteiger partial charge in [-0.3, -0.25) is 0 Å². The molecule has 2 heterocycles. The fraction of sp³-hybridized carbons (Fsp3) is 0.0769. The molecule has 0 spiro atoms. The average molecular weight is 313 g/mol. The first-order valence-electron chi connectivity index (χ1n) is 5.61. The van der Waals surface area contributed by atoms with Gasteiger partial charge < -0.3 is 4.74 Å². The fourth-order valence-electron chi connectivity index (χ4n) is 1.66. The molecule has 0 atom stereocenters. The van der Waals surface area contributed by atoms with Crippen LogP contribution in [0.4, 0.5) is 8.78 Å². The molecule has 0 N–H and O–H groups in total. The van der Waals surface area contributed by atoms with Crippen LogP contribution < -0.4 is 4.74 Å².